The fourth-order valence-electron chi connectivity index (χ4n) is 2.26. The van der Waals surface area contributed by atoms with Crippen LogP contribution in [0.4, 0.5) is 0 Å². The average Bonchev–Trinajstić information content (AvgIpc) is 2.43. The number of hydrogen-bond donors (Lipinski definition) is 1. The van der Waals surface area contributed by atoms with Crippen molar-refractivity contribution in [2.45, 2.75) is 26.3 Å². The van der Waals surface area contributed by atoms with E-state index in [2.05, 4.69) is 58.3 Å². The lowest BCUT2D eigenvalue weighted by molar-refractivity contribution is 0.547. The minimum absolute atomic E-state index is 0.231. The van der Waals surface area contributed by atoms with Crippen molar-refractivity contribution in [1.82, 2.24) is 10.3 Å². The minimum atomic E-state index is 0.231. The third-order valence-corrected chi connectivity index (χ3v) is 4.32. The van der Waals surface area contributed by atoms with Crippen LogP contribution in [0.15, 0.2) is 41.1 Å². The van der Waals surface area contributed by atoms with Crippen LogP contribution in [0.5, 0.6) is 0 Å². The van der Waals surface area contributed by atoms with Gasteiger partial charge in [0.1, 0.15) is 0 Å². The van der Waals surface area contributed by atoms with Gasteiger partial charge in [-0.05, 0) is 43.1 Å². The van der Waals surface area contributed by atoms with Gasteiger partial charge >= 0.3 is 0 Å². The van der Waals surface area contributed by atoms with Gasteiger partial charge in [-0.1, -0.05) is 52.2 Å². The maximum Gasteiger partial charge on any atom is 0.0622 e. The normalized spacial score (nSPS) is 12.4. The number of aromatic nitrogens is 1. The van der Waals surface area contributed by atoms with E-state index in [0.717, 1.165) is 28.0 Å². The molecule has 2 nitrogen and oxygen atoms in total. The summed E-state index contributed by atoms with van der Waals surface area (Å²) in [5.74, 6) is 0. The van der Waals surface area contributed by atoms with Gasteiger partial charge < -0.3 is 5.32 Å². The molecule has 106 valence electrons. The second kappa shape index (κ2) is 7.21. The summed E-state index contributed by atoms with van der Waals surface area (Å²) in [6.45, 7) is 5.14. The number of halogens is 2. The highest BCUT2D eigenvalue weighted by atomic mass is 79.9. The smallest absolute Gasteiger partial charge is 0.0622 e. The minimum Gasteiger partial charge on any atom is -0.310 e. The number of nitrogens with one attached hydrogen (secondary N) is 1. The van der Waals surface area contributed by atoms with Gasteiger partial charge in [0.05, 0.1) is 5.02 Å². The van der Waals surface area contributed by atoms with E-state index < -0.39 is 0 Å². The maximum atomic E-state index is 6.23. The molecule has 0 bridgehead atoms. The first-order valence-electron chi connectivity index (χ1n) is 6.69. The van der Waals surface area contributed by atoms with Crippen LogP contribution in [0.2, 0.25) is 5.02 Å². The van der Waals surface area contributed by atoms with Crippen molar-refractivity contribution in [3.63, 3.8) is 0 Å². The second-order valence-electron chi connectivity index (χ2n) is 4.81. The maximum absolute atomic E-state index is 6.23. The molecule has 1 aromatic carbocycles. The van der Waals surface area contributed by atoms with Crippen LogP contribution in [-0.4, -0.2) is 11.5 Å². The SMILES string of the molecule is CCNC(Cc1ccncc1Cl)c1cc(C)ccc1Br. The molecule has 0 spiro atoms. The van der Waals surface area contributed by atoms with Gasteiger partial charge in [-0.3, -0.25) is 4.98 Å². The van der Waals surface area contributed by atoms with Crippen molar-refractivity contribution in [2.75, 3.05) is 6.54 Å². The molecule has 0 aliphatic rings. The third kappa shape index (κ3) is 3.81. The number of rotatable bonds is 5. The molecule has 0 aliphatic carbocycles. The summed E-state index contributed by atoms with van der Waals surface area (Å²) >= 11 is 9.87. The van der Waals surface area contributed by atoms with Gasteiger partial charge in [0.15, 0.2) is 0 Å². The first-order chi connectivity index (χ1) is 9.61. The summed E-state index contributed by atoms with van der Waals surface area (Å²) in [6, 6.07) is 8.64. The molecule has 1 unspecified atom stereocenters. The largest absolute Gasteiger partial charge is 0.310 e. The lowest BCUT2D eigenvalue weighted by Gasteiger charge is -2.21. The summed E-state index contributed by atoms with van der Waals surface area (Å²) in [7, 11) is 0. The van der Waals surface area contributed by atoms with Crippen LogP contribution in [0.25, 0.3) is 0 Å². The number of hydrogen-bond acceptors (Lipinski definition) is 2. The quantitative estimate of drug-likeness (QED) is 0.843. The Morgan fingerprint density at radius 1 is 1.35 bits per heavy atom. The molecule has 1 N–H and O–H groups in total. The molecule has 0 aliphatic heterocycles. The summed E-state index contributed by atoms with van der Waals surface area (Å²) in [5.41, 5.74) is 3.63. The van der Waals surface area contributed by atoms with Crippen molar-refractivity contribution < 1.29 is 0 Å². The van der Waals surface area contributed by atoms with Gasteiger partial charge in [-0.2, -0.15) is 0 Å². The van der Waals surface area contributed by atoms with Crippen LogP contribution >= 0.6 is 27.5 Å². The van der Waals surface area contributed by atoms with E-state index in [0.29, 0.717) is 0 Å². The highest BCUT2D eigenvalue weighted by molar-refractivity contribution is 9.10. The zero-order chi connectivity index (χ0) is 14.5. The summed E-state index contributed by atoms with van der Waals surface area (Å²) < 4.78 is 1.12. The van der Waals surface area contributed by atoms with Gasteiger partial charge in [0, 0.05) is 22.9 Å². The lowest BCUT2D eigenvalue weighted by atomic mass is 9.98. The Morgan fingerprint density at radius 3 is 2.85 bits per heavy atom. The number of nitrogens with zero attached hydrogens (tertiary/aromatic N) is 1. The standard InChI is InChI=1S/C16H18BrClN2/c1-3-20-16(9-12-6-7-19-10-15(12)18)13-8-11(2)4-5-14(13)17/h4-8,10,16,20H,3,9H2,1-2H3. The third-order valence-electron chi connectivity index (χ3n) is 3.26. The van der Waals surface area contributed by atoms with Gasteiger partial charge in [0.2, 0.25) is 0 Å². The highest BCUT2D eigenvalue weighted by Gasteiger charge is 2.16. The average molecular weight is 354 g/mol. The van der Waals surface area contributed by atoms with E-state index >= 15 is 0 Å². The number of aryl methyl sites for hydroxylation is 1. The molecule has 4 heteroatoms. The van der Waals surface area contributed by atoms with Crippen LogP contribution in [0.3, 0.4) is 0 Å². The number of likely N-dealkylation sites (N-methyl/N-ethyl adjacent to an activating group) is 1. The molecule has 0 amide bonds. The van der Waals surface area contributed by atoms with Gasteiger partial charge in [-0.15, -0.1) is 0 Å². The van der Waals surface area contributed by atoms with Crippen LogP contribution in [0.1, 0.15) is 29.7 Å². The van der Waals surface area contributed by atoms with Crippen molar-refractivity contribution in [3.8, 4) is 0 Å². The summed E-state index contributed by atoms with van der Waals surface area (Å²) in [6.07, 6.45) is 4.33. The molecule has 2 rings (SSSR count). The van der Waals surface area contributed by atoms with Crippen LogP contribution in [-0.2, 0) is 6.42 Å². The molecular formula is C16H18BrClN2. The van der Waals surface area contributed by atoms with Crippen LogP contribution < -0.4 is 5.32 Å². The van der Waals surface area contributed by atoms with Crippen molar-refractivity contribution in [3.05, 3.63) is 62.8 Å². The first-order valence-corrected chi connectivity index (χ1v) is 7.86. The van der Waals surface area contributed by atoms with E-state index in [1.165, 1.54) is 11.1 Å². The zero-order valence-electron chi connectivity index (χ0n) is 11.7. The summed E-state index contributed by atoms with van der Waals surface area (Å²) in [4.78, 5) is 4.04. The first kappa shape index (κ1) is 15.5. The fraction of sp³-hybridized carbons (Fsp3) is 0.312. The van der Waals surface area contributed by atoms with Crippen molar-refractivity contribution in [1.29, 1.82) is 0 Å². The van der Waals surface area contributed by atoms with E-state index in [1.807, 2.05) is 6.07 Å². The van der Waals surface area contributed by atoms with Crippen LogP contribution in [0, 0.1) is 6.92 Å². The van der Waals surface area contributed by atoms with Gasteiger partial charge in [-0.25, -0.2) is 0 Å². The van der Waals surface area contributed by atoms with Crippen molar-refractivity contribution in [2.24, 2.45) is 0 Å². The van der Waals surface area contributed by atoms with E-state index in [-0.39, 0.29) is 6.04 Å². The Bertz CT molecular complexity index is 586. The van der Waals surface area contributed by atoms with E-state index in [4.69, 9.17) is 11.6 Å². The Morgan fingerprint density at radius 2 is 2.15 bits per heavy atom. The molecule has 1 aromatic heterocycles. The van der Waals surface area contributed by atoms with Gasteiger partial charge in [0.25, 0.3) is 0 Å². The summed E-state index contributed by atoms with van der Waals surface area (Å²) in [5, 5.41) is 4.26. The molecular weight excluding hydrogens is 336 g/mol. The molecule has 1 heterocycles. The number of benzene rings is 1. The predicted octanol–water partition coefficient (Wildman–Crippen LogP) is 4.70. The Kier molecular flexibility index (Phi) is 5.58. The van der Waals surface area contributed by atoms with Crippen molar-refractivity contribution >= 4 is 27.5 Å². The molecule has 0 fully saturated rings. The molecule has 0 saturated carbocycles. The molecule has 0 saturated heterocycles. The predicted molar refractivity (Wildman–Crippen MR) is 88.2 cm³/mol. The monoisotopic (exact) mass is 352 g/mol. The Balaban J connectivity index is 2.32. The topological polar surface area (TPSA) is 24.9 Å². The second-order valence-corrected chi connectivity index (χ2v) is 6.07. The highest BCUT2D eigenvalue weighted by Crippen LogP contribution is 2.29. The number of pyridine rings is 1. The molecule has 1 atom stereocenters. The molecule has 20 heavy (non-hydrogen) atoms. The van der Waals surface area contributed by atoms with E-state index in [1.54, 1.807) is 12.4 Å². The Hall–Kier alpha value is -0.900. The molecule has 2 aromatic rings. The Labute approximate surface area is 133 Å². The molecule has 0 radical (unpaired) electrons. The van der Waals surface area contributed by atoms with E-state index in [9.17, 15) is 0 Å². The lowest BCUT2D eigenvalue weighted by Crippen LogP contribution is -2.23. The zero-order valence-corrected chi connectivity index (χ0v) is 14.0. The fourth-order valence-corrected chi connectivity index (χ4v) is 2.98.